The minimum atomic E-state index is -0.645. The molecule has 0 spiro atoms. The second-order valence-corrected chi connectivity index (χ2v) is 10.2. The molecule has 2 aliphatic carbocycles. The fraction of sp³-hybridized carbons (Fsp3) is 0.333. The average Bonchev–Trinajstić information content (AvgIpc) is 3.73. The van der Waals surface area contributed by atoms with Gasteiger partial charge in [0.05, 0.1) is 0 Å². The van der Waals surface area contributed by atoms with Gasteiger partial charge < -0.3 is 5.32 Å². The third-order valence-electron chi connectivity index (χ3n) is 7.92. The van der Waals surface area contributed by atoms with E-state index in [0.29, 0.717) is 11.7 Å². The van der Waals surface area contributed by atoms with Crippen LogP contribution in [0.25, 0.3) is 0 Å². The number of nitrogens with zero attached hydrogens (tertiary/aromatic N) is 12. The average molecular weight is 537 g/mol. The van der Waals surface area contributed by atoms with Gasteiger partial charge in [-0.3, -0.25) is 15.9 Å². The van der Waals surface area contributed by atoms with Crippen LogP contribution in [0.15, 0.2) is 113 Å². The molecule has 7 aliphatic heterocycles. The van der Waals surface area contributed by atoms with Crippen molar-refractivity contribution in [1.29, 1.82) is 0 Å². The Kier molecular flexibility index (Phi) is 4.60. The molecule has 9 rings (SSSR count). The van der Waals surface area contributed by atoms with E-state index in [4.69, 9.17) is 20.0 Å². The molecule has 7 heterocycles. The molecule has 16 nitrogen and oxygen atoms in total. The van der Waals surface area contributed by atoms with Crippen molar-refractivity contribution in [3.63, 3.8) is 0 Å². The topological polar surface area (TPSA) is 160 Å². The second-order valence-electron chi connectivity index (χ2n) is 10.2. The van der Waals surface area contributed by atoms with E-state index in [1.54, 1.807) is 10.5 Å². The highest BCUT2D eigenvalue weighted by molar-refractivity contribution is 6.10. The predicted molar refractivity (Wildman–Crippen MR) is 143 cm³/mol. The van der Waals surface area contributed by atoms with Gasteiger partial charge in [0.2, 0.25) is 6.17 Å². The predicted octanol–water partition coefficient (Wildman–Crippen LogP) is 0.888. The number of hydrazine groups is 6. The van der Waals surface area contributed by atoms with Crippen LogP contribution in [-0.4, -0.2) is 68.5 Å². The van der Waals surface area contributed by atoms with E-state index in [1.807, 2.05) is 23.4 Å². The maximum absolute atomic E-state index is 5.18. The van der Waals surface area contributed by atoms with Crippen molar-refractivity contribution >= 4 is 23.3 Å². The Hall–Kier alpha value is -4.80. The van der Waals surface area contributed by atoms with Crippen LogP contribution in [0, 0.1) is 11.8 Å². The number of allylic oxidation sites excluding steroid dienone is 6. The zero-order chi connectivity index (χ0) is 26.2. The van der Waals surface area contributed by atoms with Gasteiger partial charge in [-0.05, 0) is 45.0 Å². The van der Waals surface area contributed by atoms with Crippen LogP contribution in [-0.2, 0) is 0 Å². The Labute approximate surface area is 227 Å². The molecule has 16 heteroatoms. The summed E-state index contributed by atoms with van der Waals surface area (Å²) in [5.74, 6) is 2.78. The van der Waals surface area contributed by atoms with Crippen LogP contribution in [0.5, 0.6) is 0 Å². The summed E-state index contributed by atoms with van der Waals surface area (Å²) < 4.78 is 0. The summed E-state index contributed by atoms with van der Waals surface area (Å²) in [5, 5.41) is 26.3. The van der Waals surface area contributed by atoms with Gasteiger partial charge >= 0.3 is 0 Å². The summed E-state index contributed by atoms with van der Waals surface area (Å²) in [6, 6.07) is -0.146. The first kappa shape index (κ1) is 22.1. The van der Waals surface area contributed by atoms with E-state index >= 15 is 0 Å². The molecule has 0 aromatic carbocycles. The van der Waals surface area contributed by atoms with Gasteiger partial charge in [-0.1, -0.05) is 48.6 Å². The number of hydrogen-bond acceptors (Lipinski definition) is 16. The first-order chi connectivity index (χ1) is 19.8. The number of fused-ring (bicyclic) bond motifs is 19. The standard InChI is InChI=1S/C24H24N16/c1-3-9-15-13(7-1)18-25-19-14-8-2-4-10-16(14)21(27-19)29-23-24-30-33-34-35-38(24)40(32-23)36-39-31-22(28-20(15)26-18)17-11-5-6-12-37(17)39/h2-3,5-12,14-15,17,19-20,24,36H,1,4H2,(H,25,26)(H,28,31)(H,27,29,32). The van der Waals surface area contributed by atoms with Crippen molar-refractivity contribution in [2.75, 3.05) is 0 Å². The van der Waals surface area contributed by atoms with Gasteiger partial charge in [-0.15, -0.1) is 15.8 Å². The van der Waals surface area contributed by atoms with E-state index in [9.17, 15) is 0 Å². The second kappa shape index (κ2) is 8.35. The highest BCUT2D eigenvalue weighted by atomic mass is 16.2. The molecule has 0 amide bonds. The molecule has 3 saturated heterocycles. The minimum Gasteiger partial charge on any atom is -0.348 e. The fourth-order valence-corrected chi connectivity index (χ4v) is 6.08. The van der Waals surface area contributed by atoms with Crippen molar-refractivity contribution in [2.24, 2.45) is 52.6 Å². The van der Waals surface area contributed by atoms with Crippen molar-refractivity contribution < 1.29 is 0 Å². The lowest BCUT2D eigenvalue weighted by Gasteiger charge is -2.33. The van der Waals surface area contributed by atoms with Gasteiger partial charge in [0.1, 0.15) is 23.9 Å². The number of rotatable bonds is 0. The Morgan fingerprint density at radius 1 is 0.825 bits per heavy atom. The third kappa shape index (κ3) is 3.23. The molecule has 3 fully saturated rings. The Balaban J connectivity index is 1.20. The highest BCUT2D eigenvalue weighted by Gasteiger charge is 2.46. The molecule has 8 unspecified atom stereocenters. The third-order valence-corrected chi connectivity index (χ3v) is 7.92. The van der Waals surface area contributed by atoms with Crippen LogP contribution >= 0.6 is 0 Å². The molecular weight excluding hydrogens is 512 g/mol. The van der Waals surface area contributed by atoms with Crippen LogP contribution in [0.2, 0.25) is 0 Å². The van der Waals surface area contributed by atoms with E-state index < -0.39 is 6.17 Å². The highest BCUT2D eigenvalue weighted by Crippen LogP contribution is 2.36. The number of hydrogen-bond donors (Lipinski definition) is 4. The lowest BCUT2D eigenvalue weighted by atomic mass is 9.92. The van der Waals surface area contributed by atoms with Gasteiger partial charge in [-0.2, -0.15) is 0 Å². The van der Waals surface area contributed by atoms with Crippen LogP contribution in [0.4, 0.5) is 0 Å². The SMILES string of the molecule is C1=CC2C3=NC4NC(=NC5N=C(N=C6NN(NN(N3)N2C=C1)N1N=NN=NC61)C1=CCC=CC15)C1=CCC=CC14. The van der Waals surface area contributed by atoms with Gasteiger partial charge in [0.25, 0.3) is 0 Å². The summed E-state index contributed by atoms with van der Waals surface area (Å²) in [7, 11) is 0. The number of amidine groups is 4. The largest absolute Gasteiger partial charge is 0.348 e. The molecule has 200 valence electrons. The maximum atomic E-state index is 5.18. The number of aliphatic imine (C=N–C) groups is 4. The van der Waals surface area contributed by atoms with Crippen molar-refractivity contribution in [3.05, 3.63) is 72.0 Å². The molecule has 0 aromatic heterocycles. The Morgan fingerprint density at radius 2 is 1.70 bits per heavy atom. The molecule has 4 N–H and O–H groups in total. The molecule has 0 radical (unpaired) electrons. The summed E-state index contributed by atoms with van der Waals surface area (Å²) in [4.78, 5) is 20.3. The normalized spacial score (nSPS) is 39.0. The van der Waals surface area contributed by atoms with Crippen molar-refractivity contribution in [3.8, 4) is 0 Å². The summed E-state index contributed by atoms with van der Waals surface area (Å²) in [6.07, 6.45) is 21.6. The lowest BCUT2D eigenvalue weighted by Crippen LogP contribution is -2.62. The van der Waals surface area contributed by atoms with E-state index in [1.165, 1.54) is 5.12 Å². The molecule has 9 aliphatic rings. The van der Waals surface area contributed by atoms with E-state index in [0.717, 1.165) is 35.7 Å². The lowest BCUT2D eigenvalue weighted by molar-refractivity contribution is -0.201. The van der Waals surface area contributed by atoms with Crippen LogP contribution in [0.1, 0.15) is 12.8 Å². The maximum Gasteiger partial charge on any atom is 0.239 e. The van der Waals surface area contributed by atoms with Crippen LogP contribution in [0.3, 0.4) is 0 Å². The molecule has 0 saturated carbocycles. The van der Waals surface area contributed by atoms with Gasteiger partial charge in [0, 0.05) is 29.2 Å². The minimum absolute atomic E-state index is 0.00227. The monoisotopic (exact) mass is 536 g/mol. The Bertz CT molecular complexity index is 1540. The smallest absolute Gasteiger partial charge is 0.239 e. The zero-order valence-electron chi connectivity index (χ0n) is 21.0. The number of nitrogens with one attached hydrogen (secondary N) is 4. The van der Waals surface area contributed by atoms with Gasteiger partial charge in [-0.25, -0.2) is 20.0 Å². The van der Waals surface area contributed by atoms with Crippen molar-refractivity contribution in [2.45, 2.75) is 37.4 Å². The van der Waals surface area contributed by atoms with E-state index in [-0.39, 0.29) is 30.2 Å². The first-order valence-electron chi connectivity index (χ1n) is 13.3. The van der Waals surface area contributed by atoms with Crippen LogP contribution < -0.4 is 21.7 Å². The fourth-order valence-electron chi connectivity index (χ4n) is 6.08. The molecule has 8 bridgehead atoms. The summed E-state index contributed by atoms with van der Waals surface area (Å²) >= 11 is 0. The molecule has 40 heavy (non-hydrogen) atoms. The summed E-state index contributed by atoms with van der Waals surface area (Å²) in [5.41, 5.74) is 12.1. The van der Waals surface area contributed by atoms with E-state index in [2.05, 4.69) is 85.0 Å². The van der Waals surface area contributed by atoms with Crippen molar-refractivity contribution in [1.82, 2.24) is 42.3 Å². The first-order valence-corrected chi connectivity index (χ1v) is 13.3. The molecule has 0 aromatic rings. The Morgan fingerprint density at radius 3 is 2.65 bits per heavy atom. The molecular formula is C24H24N16. The zero-order valence-corrected chi connectivity index (χ0v) is 21.0. The molecule has 8 atom stereocenters. The quantitative estimate of drug-likeness (QED) is 0.332. The summed E-state index contributed by atoms with van der Waals surface area (Å²) in [6.45, 7) is 0. The van der Waals surface area contributed by atoms with Gasteiger partial charge in [0.15, 0.2) is 17.8 Å².